The van der Waals surface area contributed by atoms with Gasteiger partial charge < -0.3 is 24.6 Å². The zero-order valence-electron chi connectivity index (χ0n) is 13.7. The highest BCUT2D eigenvalue weighted by Gasteiger charge is 2.27. The highest BCUT2D eigenvalue weighted by Crippen LogP contribution is 2.22. The monoisotopic (exact) mass is 329 g/mol. The van der Waals surface area contributed by atoms with E-state index in [0.29, 0.717) is 34.2 Å². The Morgan fingerprint density at radius 1 is 1.25 bits per heavy atom. The number of nitrogens with zero attached hydrogens (tertiary/aromatic N) is 1. The molecule has 2 amide bonds. The maximum atomic E-state index is 12.0. The van der Waals surface area contributed by atoms with Crippen LogP contribution >= 0.6 is 0 Å². The van der Waals surface area contributed by atoms with E-state index in [2.05, 4.69) is 15.6 Å². The summed E-state index contributed by atoms with van der Waals surface area (Å²) in [7, 11) is 0. The Morgan fingerprint density at radius 2 is 2.04 bits per heavy atom. The first-order valence-electron chi connectivity index (χ1n) is 7.55. The Balaban J connectivity index is 1.62. The van der Waals surface area contributed by atoms with Crippen LogP contribution in [0.1, 0.15) is 24.3 Å². The van der Waals surface area contributed by atoms with Gasteiger partial charge in [0, 0.05) is 12.6 Å². The molecule has 1 unspecified atom stereocenters. The third-order valence-corrected chi connectivity index (χ3v) is 3.62. The summed E-state index contributed by atoms with van der Waals surface area (Å²) in [5.74, 6) is 1.67. The van der Waals surface area contributed by atoms with Gasteiger partial charge in [0.15, 0.2) is 11.5 Å². The number of benzene rings is 1. The Labute approximate surface area is 138 Å². The summed E-state index contributed by atoms with van der Waals surface area (Å²) in [6.45, 7) is 5.15. The van der Waals surface area contributed by atoms with Crippen molar-refractivity contribution in [2.75, 3.05) is 11.9 Å². The number of urea groups is 1. The molecule has 1 atom stereocenters. The number of carbonyl (C=O) groups excluding carboxylic acids is 1. The van der Waals surface area contributed by atoms with Crippen LogP contribution < -0.4 is 10.6 Å². The molecule has 126 valence electrons. The average Bonchev–Trinajstić information content (AvgIpc) is 3.10. The average molecular weight is 329 g/mol. The van der Waals surface area contributed by atoms with E-state index >= 15 is 0 Å². The van der Waals surface area contributed by atoms with Gasteiger partial charge in [-0.25, -0.2) is 9.78 Å². The quantitative estimate of drug-likeness (QED) is 0.683. The Bertz CT molecular complexity index is 879. The largest absolute Gasteiger partial charge is 0.463 e. The molecular weight excluding hydrogens is 310 g/mol. The van der Waals surface area contributed by atoms with Gasteiger partial charge in [-0.3, -0.25) is 0 Å². The van der Waals surface area contributed by atoms with Gasteiger partial charge in [0.05, 0.1) is 6.54 Å². The van der Waals surface area contributed by atoms with E-state index in [9.17, 15) is 9.90 Å². The predicted octanol–water partition coefficient (Wildman–Crippen LogP) is 3.07. The van der Waals surface area contributed by atoms with Gasteiger partial charge >= 0.3 is 6.03 Å². The van der Waals surface area contributed by atoms with Gasteiger partial charge in [-0.05, 0) is 44.2 Å². The Kier molecular flexibility index (Phi) is 4.02. The summed E-state index contributed by atoms with van der Waals surface area (Å²) in [5, 5.41) is 15.7. The van der Waals surface area contributed by atoms with Crippen molar-refractivity contribution < 1.29 is 18.7 Å². The van der Waals surface area contributed by atoms with Crippen LogP contribution in [-0.4, -0.2) is 22.7 Å². The summed E-state index contributed by atoms with van der Waals surface area (Å²) in [6, 6.07) is 8.21. The molecule has 0 aliphatic rings. The summed E-state index contributed by atoms with van der Waals surface area (Å²) in [5.41, 5.74) is 0.624. The van der Waals surface area contributed by atoms with Gasteiger partial charge in [-0.15, -0.1) is 0 Å². The predicted molar refractivity (Wildman–Crippen MR) is 88.8 cm³/mol. The summed E-state index contributed by atoms with van der Waals surface area (Å²) >= 11 is 0. The minimum Gasteiger partial charge on any atom is -0.463 e. The van der Waals surface area contributed by atoms with Gasteiger partial charge in [-0.1, -0.05) is 0 Å². The van der Waals surface area contributed by atoms with Gasteiger partial charge in [0.2, 0.25) is 0 Å². The van der Waals surface area contributed by atoms with Gasteiger partial charge in [0.1, 0.15) is 22.6 Å². The maximum Gasteiger partial charge on any atom is 0.319 e. The molecular formula is C17H19N3O4. The van der Waals surface area contributed by atoms with Crippen LogP contribution in [0.5, 0.6) is 0 Å². The zero-order chi connectivity index (χ0) is 17.3. The zero-order valence-corrected chi connectivity index (χ0v) is 13.7. The summed E-state index contributed by atoms with van der Waals surface area (Å²) in [6.07, 6.45) is 0. The van der Waals surface area contributed by atoms with Crippen LogP contribution in [0, 0.1) is 13.8 Å². The second-order valence-electron chi connectivity index (χ2n) is 5.91. The van der Waals surface area contributed by atoms with Crippen LogP contribution in [0.25, 0.3) is 11.1 Å². The molecule has 0 radical (unpaired) electrons. The van der Waals surface area contributed by atoms with Crippen molar-refractivity contribution >= 4 is 22.8 Å². The number of aromatic nitrogens is 1. The van der Waals surface area contributed by atoms with E-state index in [-0.39, 0.29) is 6.54 Å². The van der Waals surface area contributed by atoms with E-state index in [1.165, 1.54) is 0 Å². The van der Waals surface area contributed by atoms with E-state index in [4.69, 9.17) is 8.83 Å². The first kappa shape index (κ1) is 16.1. The molecule has 2 aromatic heterocycles. The van der Waals surface area contributed by atoms with Crippen molar-refractivity contribution in [1.29, 1.82) is 0 Å². The van der Waals surface area contributed by atoms with Crippen molar-refractivity contribution in [3.8, 4) is 0 Å². The fourth-order valence-electron chi connectivity index (χ4n) is 2.36. The lowest BCUT2D eigenvalue weighted by molar-refractivity contribution is 0.0364. The molecule has 24 heavy (non-hydrogen) atoms. The number of hydrogen-bond donors (Lipinski definition) is 3. The number of carbonyl (C=O) groups is 1. The number of anilines is 1. The lowest BCUT2D eigenvalue weighted by atomic mass is 10.0. The molecule has 0 aliphatic carbocycles. The molecule has 0 bridgehead atoms. The maximum absolute atomic E-state index is 12.0. The lowest BCUT2D eigenvalue weighted by Crippen LogP contribution is -2.40. The number of nitrogens with one attached hydrogen (secondary N) is 2. The van der Waals surface area contributed by atoms with Crippen LogP contribution in [0.15, 0.2) is 39.2 Å². The number of amides is 2. The van der Waals surface area contributed by atoms with Crippen molar-refractivity contribution in [2.45, 2.75) is 26.4 Å². The normalized spacial score (nSPS) is 13.7. The van der Waals surface area contributed by atoms with Crippen molar-refractivity contribution in [1.82, 2.24) is 10.3 Å². The summed E-state index contributed by atoms with van der Waals surface area (Å²) < 4.78 is 10.8. The number of rotatable bonds is 4. The van der Waals surface area contributed by atoms with Crippen LogP contribution in [0.4, 0.5) is 10.5 Å². The summed E-state index contributed by atoms with van der Waals surface area (Å²) in [4.78, 5) is 16.2. The molecule has 3 N–H and O–H groups in total. The van der Waals surface area contributed by atoms with E-state index in [1.807, 2.05) is 0 Å². The topological polar surface area (TPSA) is 101 Å². The van der Waals surface area contributed by atoms with Gasteiger partial charge in [-0.2, -0.15) is 0 Å². The molecule has 1 aromatic carbocycles. The Morgan fingerprint density at radius 3 is 2.75 bits per heavy atom. The minimum atomic E-state index is -1.29. The van der Waals surface area contributed by atoms with Crippen LogP contribution in [0.2, 0.25) is 0 Å². The molecule has 0 saturated carbocycles. The molecule has 0 aliphatic heterocycles. The molecule has 0 fully saturated rings. The number of furan rings is 1. The number of aliphatic hydroxyl groups is 1. The third-order valence-electron chi connectivity index (χ3n) is 3.62. The third kappa shape index (κ3) is 3.41. The molecule has 2 heterocycles. The first-order valence-corrected chi connectivity index (χ1v) is 7.55. The molecule has 7 heteroatoms. The highest BCUT2D eigenvalue weighted by atomic mass is 16.4. The second kappa shape index (κ2) is 6.01. The van der Waals surface area contributed by atoms with Crippen LogP contribution in [-0.2, 0) is 5.60 Å². The standard InChI is InChI=1S/C17H19N3O4/c1-10-4-7-15(23-10)17(3,22)9-18-16(21)20-12-5-6-14-13(8-12)19-11(2)24-14/h4-8,22H,9H2,1-3H3,(H2,18,20,21). The van der Waals surface area contributed by atoms with Crippen LogP contribution in [0.3, 0.4) is 0 Å². The number of aryl methyl sites for hydroxylation is 2. The number of hydrogen-bond acceptors (Lipinski definition) is 5. The van der Waals surface area contributed by atoms with Crippen molar-refractivity contribution in [3.05, 3.63) is 47.7 Å². The van der Waals surface area contributed by atoms with E-state index < -0.39 is 11.6 Å². The van der Waals surface area contributed by atoms with E-state index in [0.717, 1.165) is 0 Å². The molecule has 0 spiro atoms. The minimum absolute atomic E-state index is 0.0110. The SMILES string of the molecule is Cc1ccc(C(C)(O)CNC(=O)Nc2ccc3oc(C)nc3c2)o1. The molecule has 3 rings (SSSR count). The fourth-order valence-corrected chi connectivity index (χ4v) is 2.36. The lowest BCUT2D eigenvalue weighted by Gasteiger charge is -2.21. The number of fused-ring (bicyclic) bond motifs is 1. The van der Waals surface area contributed by atoms with E-state index in [1.54, 1.807) is 51.1 Å². The molecule has 7 nitrogen and oxygen atoms in total. The molecule has 3 aromatic rings. The fraction of sp³-hybridized carbons (Fsp3) is 0.294. The van der Waals surface area contributed by atoms with Crippen molar-refractivity contribution in [3.63, 3.8) is 0 Å². The first-order chi connectivity index (χ1) is 11.3. The smallest absolute Gasteiger partial charge is 0.319 e. The molecule has 0 saturated heterocycles. The van der Waals surface area contributed by atoms with Gasteiger partial charge in [0.25, 0.3) is 0 Å². The van der Waals surface area contributed by atoms with Crippen molar-refractivity contribution in [2.24, 2.45) is 0 Å². The Hall–Kier alpha value is -2.80. The highest BCUT2D eigenvalue weighted by molar-refractivity contribution is 5.91. The number of oxazole rings is 1. The second-order valence-corrected chi connectivity index (χ2v) is 5.91.